The molecule has 116 valence electrons. The molecule has 0 aliphatic carbocycles. The molecular formula is C12H14O8S. The monoisotopic (exact) mass is 318 g/mol. The van der Waals surface area contributed by atoms with Gasteiger partial charge in [0.15, 0.2) is 18.1 Å². The number of carbonyl (C=O) groups is 3. The zero-order chi connectivity index (χ0) is 16.0. The zero-order valence-corrected chi connectivity index (χ0v) is 12.2. The summed E-state index contributed by atoms with van der Waals surface area (Å²) in [5.41, 5.74) is 0. The fourth-order valence-corrected chi connectivity index (χ4v) is 1.97. The molecule has 0 aliphatic rings. The Morgan fingerprint density at radius 1 is 1.29 bits per heavy atom. The van der Waals surface area contributed by atoms with Crippen LogP contribution in [0.2, 0.25) is 0 Å². The molecule has 9 heteroatoms. The molecule has 1 heterocycles. The average Bonchev–Trinajstić information content (AvgIpc) is 2.71. The van der Waals surface area contributed by atoms with Crippen molar-refractivity contribution >= 4 is 28.8 Å². The van der Waals surface area contributed by atoms with Crippen molar-refractivity contribution in [2.75, 3.05) is 0 Å². The van der Waals surface area contributed by atoms with Gasteiger partial charge >= 0.3 is 17.1 Å². The van der Waals surface area contributed by atoms with Crippen LogP contribution in [0.15, 0.2) is 13.6 Å². The van der Waals surface area contributed by atoms with Gasteiger partial charge in [-0.3, -0.25) is 9.59 Å². The van der Waals surface area contributed by atoms with E-state index < -0.39 is 22.3 Å². The number of ketones is 1. The second-order valence-corrected chi connectivity index (χ2v) is 5.37. The van der Waals surface area contributed by atoms with Crippen LogP contribution in [0.1, 0.15) is 31.3 Å². The van der Waals surface area contributed by atoms with Crippen molar-refractivity contribution < 1.29 is 33.1 Å². The first-order valence-electron chi connectivity index (χ1n) is 5.97. The van der Waals surface area contributed by atoms with Crippen molar-refractivity contribution in [1.29, 1.82) is 0 Å². The number of carboxylic acid groups (broad SMARTS) is 1. The summed E-state index contributed by atoms with van der Waals surface area (Å²) in [6.07, 6.45) is -0.426. The number of ether oxygens (including phenoxy) is 1. The van der Waals surface area contributed by atoms with Gasteiger partial charge in [0.05, 0.1) is 11.7 Å². The number of aliphatic carboxylic acids is 1. The second-order valence-electron chi connectivity index (χ2n) is 4.09. The summed E-state index contributed by atoms with van der Waals surface area (Å²) in [5.74, 6) is -2.01. The Morgan fingerprint density at radius 2 is 1.95 bits per heavy atom. The first-order valence-corrected chi connectivity index (χ1v) is 6.85. The highest BCUT2D eigenvalue weighted by molar-refractivity contribution is 8.14. The molecule has 1 rings (SSSR count). The van der Waals surface area contributed by atoms with E-state index in [4.69, 9.17) is 9.84 Å². The van der Waals surface area contributed by atoms with Gasteiger partial charge in [-0.25, -0.2) is 9.59 Å². The normalized spacial score (nSPS) is 11.9. The topological polar surface area (TPSA) is 124 Å². The molecule has 0 aliphatic heterocycles. The first kappa shape index (κ1) is 17.0. The molecule has 0 saturated heterocycles. The lowest BCUT2D eigenvalue weighted by Gasteiger charge is -2.08. The molecule has 1 atom stereocenters. The van der Waals surface area contributed by atoms with Gasteiger partial charge in [0.25, 0.3) is 0 Å². The van der Waals surface area contributed by atoms with E-state index in [2.05, 4.69) is 8.83 Å². The van der Waals surface area contributed by atoms with E-state index in [0.717, 1.165) is 0 Å². The lowest BCUT2D eigenvalue weighted by atomic mass is 10.2. The van der Waals surface area contributed by atoms with Crippen molar-refractivity contribution in [3.8, 4) is 0 Å². The number of hydrogen-bond acceptors (Lipinski definition) is 8. The Kier molecular flexibility index (Phi) is 6.22. The third kappa shape index (κ3) is 5.86. The van der Waals surface area contributed by atoms with Crippen LogP contribution in [-0.2, 0) is 20.9 Å². The Balaban J connectivity index is 2.39. The molecule has 8 nitrogen and oxygen atoms in total. The molecule has 21 heavy (non-hydrogen) atoms. The predicted molar refractivity (Wildman–Crippen MR) is 71.1 cm³/mol. The summed E-state index contributed by atoms with van der Waals surface area (Å²) in [6.45, 7) is 2.69. The van der Waals surface area contributed by atoms with Crippen LogP contribution in [0.5, 0.6) is 0 Å². The molecule has 0 amide bonds. The number of Topliss-reactive ketones (excluding diaryl/α,β-unsaturated/α-hetero) is 1. The van der Waals surface area contributed by atoms with E-state index in [-0.39, 0.29) is 36.8 Å². The fourth-order valence-electron chi connectivity index (χ4n) is 1.31. The maximum atomic E-state index is 11.5. The molecule has 0 aromatic carbocycles. The summed E-state index contributed by atoms with van der Waals surface area (Å²) >= 11 is 0.637. The van der Waals surface area contributed by atoms with E-state index in [1.165, 1.54) is 13.8 Å². The largest absolute Gasteiger partial charge is 0.519 e. The first-order chi connectivity index (χ1) is 9.79. The number of carboxylic acids is 1. The number of hydrogen-bond donors (Lipinski definition) is 1. The van der Waals surface area contributed by atoms with Gasteiger partial charge in [0, 0.05) is 6.42 Å². The summed E-state index contributed by atoms with van der Waals surface area (Å²) in [5, 5.41) is 7.03. The third-order valence-electron chi connectivity index (χ3n) is 2.47. The minimum absolute atomic E-state index is 0.0961. The Morgan fingerprint density at radius 3 is 2.48 bits per heavy atom. The van der Waals surface area contributed by atoms with Gasteiger partial charge in [0.1, 0.15) is 5.78 Å². The van der Waals surface area contributed by atoms with Crippen LogP contribution in [0, 0.1) is 6.92 Å². The number of aryl methyl sites for hydroxylation is 1. The smallest absolute Gasteiger partial charge is 0.481 e. The summed E-state index contributed by atoms with van der Waals surface area (Å²) < 4.78 is 14.1. The van der Waals surface area contributed by atoms with Crippen molar-refractivity contribution in [3.05, 3.63) is 22.1 Å². The van der Waals surface area contributed by atoms with Crippen LogP contribution < -0.4 is 5.82 Å². The summed E-state index contributed by atoms with van der Waals surface area (Å²) in [4.78, 5) is 44.2. The molecule has 1 N–H and O–H groups in total. The maximum absolute atomic E-state index is 11.5. The highest BCUT2D eigenvalue weighted by Crippen LogP contribution is 2.18. The average molecular weight is 318 g/mol. The fraction of sp³-hybridized carbons (Fsp3) is 0.500. The van der Waals surface area contributed by atoms with E-state index >= 15 is 0 Å². The molecule has 1 unspecified atom stereocenters. The van der Waals surface area contributed by atoms with Crippen LogP contribution >= 0.6 is 11.8 Å². The van der Waals surface area contributed by atoms with Crippen molar-refractivity contribution in [2.45, 2.75) is 38.5 Å². The Labute approximate surface area is 123 Å². The van der Waals surface area contributed by atoms with Gasteiger partial charge in [-0.15, -0.1) is 0 Å². The van der Waals surface area contributed by atoms with Crippen molar-refractivity contribution in [1.82, 2.24) is 0 Å². The molecule has 0 saturated carbocycles. The molecule has 0 bridgehead atoms. The lowest BCUT2D eigenvalue weighted by Crippen LogP contribution is -2.17. The van der Waals surface area contributed by atoms with Crippen LogP contribution in [0.3, 0.4) is 0 Å². The predicted octanol–water partition coefficient (Wildman–Crippen LogP) is 1.73. The quantitative estimate of drug-likeness (QED) is 0.748. The lowest BCUT2D eigenvalue weighted by molar-refractivity contribution is -0.138. The summed E-state index contributed by atoms with van der Waals surface area (Å²) in [6, 6.07) is 0. The van der Waals surface area contributed by atoms with Crippen molar-refractivity contribution in [2.24, 2.45) is 0 Å². The highest BCUT2D eigenvalue weighted by atomic mass is 32.2. The molecule has 1 aromatic heterocycles. The van der Waals surface area contributed by atoms with Gasteiger partial charge < -0.3 is 18.7 Å². The van der Waals surface area contributed by atoms with E-state index in [0.29, 0.717) is 11.8 Å². The highest BCUT2D eigenvalue weighted by Gasteiger charge is 2.20. The Hall–Kier alpha value is -2.03. The van der Waals surface area contributed by atoms with Crippen LogP contribution in [0.25, 0.3) is 0 Å². The standard InChI is InChI=1S/C12H14O8S/c1-6-9(20-11(16)19-6)5-18-12(17)21-7(2)8(13)3-4-10(14)15/h7H,3-5H2,1-2H3,(H,14,15). The SMILES string of the molecule is Cc1oc(=O)oc1COC(=O)SC(C)C(=O)CCC(=O)O. The molecule has 1 aromatic rings. The van der Waals surface area contributed by atoms with E-state index in [1.54, 1.807) is 0 Å². The maximum Gasteiger partial charge on any atom is 0.519 e. The molecule has 0 radical (unpaired) electrons. The van der Waals surface area contributed by atoms with E-state index in [9.17, 15) is 19.2 Å². The van der Waals surface area contributed by atoms with Crippen LogP contribution in [0.4, 0.5) is 4.79 Å². The number of rotatable bonds is 7. The third-order valence-corrected chi connectivity index (χ3v) is 3.40. The summed E-state index contributed by atoms with van der Waals surface area (Å²) in [7, 11) is 0. The van der Waals surface area contributed by atoms with Crippen molar-refractivity contribution in [3.63, 3.8) is 0 Å². The molecule has 0 spiro atoms. The van der Waals surface area contributed by atoms with Gasteiger partial charge in [0.2, 0.25) is 0 Å². The second kappa shape index (κ2) is 7.67. The molecular weight excluding hydrogens is 304 g/mol. The minimum Gasteiger partial charge on any atom is -0.481 e. The number of carbonyl (C=O) groups excluding carboxylic acids is 2. The van der Waals surface area contributed by atoms with E-state index in [1.807, 2.05) is 0 Å². The van der Waals surface area contributed by atoms with Gasteiger partial charge in [-0.05, 0) is 25.6 Å². The number of thioether (sulfide) groups is 1. The molecule has 0 fully saturated rings. The van der Waals surface area contributed by atoms with Gasteiger partial charge in [-0.1, -0.05) is 0 Å². The minimum atomic E-state index is -1.08. The zero-order valence-electron chi connectivity index (χ0n) is 11.4. The Bertz CT molecular complexity index is 584. The van der Waals surface area contributed by atoms with Crippen LogP contribution in [-0.4, -0.2) is 27.4 Å². The van der Waals surface area contributed by atoms with Gasteiger partial charge in [-0.2, -0.15) is 0 Å².